The van der Waals surface area contributed by atoms with E-state index in [1.165, 1.54) is 89.5 Å². The molecular weight excluding hydrogens is 977 g/mol. The quantitative estimate of drug-likeness (QED) is 0.179. The van der Waals surface area contributed by atoms with Crippen LogP contribution in [0.5, 0.6) is 5.75 Å². The molecule has 0 atom stereocenters. The number of aromatic hydroxyl groups is 1. The van der Waals surface area contributed by atoms with Crippen molar-refractivity contribution < 1.29 is 5.11 Å². The third-order valence-corrected chi connectivity index (χ3v) is 18.9. The van der Waals surface area contributed by atoms with Gasteiger partial charge in [0.15, 0.2) is 11.3 Å². The third-order valence-electron chi connectivity index (χ3n) is 16.6. The molecule has 0 aliphatic heterocycles. The highest BCUT2D eigenvalue weighted by Crippen LogP contribution is 2.47. The molecule has 6 aromatic heterocycles. The number of phenolic OH excluding ortho intramolecular Hbond substituents is 1. The zero-order valence-corrected chi connectivity index (χ0v) is 42.5. The second-order valence-electron chi connectivity index (χ2n) is 20.5. The van der Waals surface area contributed by atoms with Crippen molar-refractivity contribution in [2.24, 2.45) is 0 Å². The summed E-state index contributed by atoms with van der Waals surface area (Å²) in [7, 11) is 0. The Kier molecular flexibility index (Phi) is 8.24. The van der Waals surface area contributed by atoms with Crippen molar-refractivity contribution in [1.29, 1.82) is 0 Å². The molecule has 6 heterocycles. The minimum Gasteiger partial charge on any atom is -0.507 e. The summed E-state index contributed by atoms with van der Waals surface area (Å²) in [6, 6.07) is 81.1. The predicted molar refractivity (Wildman–Crippen MR) is 328 cm³/mol. The molecule has 0 amide bonds. The summed E-state index contributed by atoms with van der Waals surface area (Å²) in [6.07, 6.45) is 0. The van der Waals surface area contributed by atoms with Gasteiger partial charge in [-0.25, -0.2) is 9.97 Å². The van der Waals surface area contributed by atoms with Crippen molar-refractivity contribution in [3.63, 3.8) is 0 Å². The second kappa shape index (κ2) is 15.2. The Hall–Kier alpha value is -9.66. The van der Waals surface area contributed by atoms with Gasteiger partial charge >= 0.3 is 0 Å². The van der Waals surface area contributed by atoms with E-state index in [9.17, 15) is 5.11 Å². The van der Waals surface area contributed by atoms with Gasteiger partial charge in [-0.2, -0.15) is 0 Å². The van der Waals surface area contributed by atoms with Gasteiger partial charge in [-0.1, -0.05) is 170 Å². The molecule has 0 saturated carbocycles. The van der Waals surface area contributed by atoms with Crippen LogP contribution in [0.4, 0.5) is 0 Å². The lowest BCUT2D eigenvalue weighted by atomic mass is 9.97. The van der Waals surface area contributed by atoms with Crippen LogP contribution in [0, 0.1) is 0 Å². The van der Waals surface area contributed by atoms with Crippen LogP contribution in [-0.2, 0) is 0 Å². The lowest BCUT2D eigenvalue weighted by molar-refractivity contribution is 0.477. The van der Waals surface area contributed by atoms with Gasteiger partial charge in [0.1, 0.15) is 5.75 Å². The van der Waals surface area contributed by atoms with Crippen LogP contribution < -0.4 is 0 Å². The van der Waals surface area contributed by atoms with Crippen molar-refractivity contribution in [2.75, 3.05) is 0 Å². The highest BCUT2D eigenvalue weighted by molar-refractivity contribution is 7.27. The molecular formula is C70H38N4OS2. The molecule has 356 valence electrons. The second-order valence-corrected chi connectivity index (χ2v) is 22.7. The summed E-state index contributed by atoms with van der Waals surface area (Å²) in [5, 5.41) is 31.2. The van der Waals surface area contributed by atoms with E-state index < -0.39 is 0 Å². The van der Waals surface area contributed by atoms with E-state index in [-0.39, 0.29) is 5.75 Å². The average Bonchev–Trinajstić information content (AvgIpc) is 4.46. The number of benzene rings is 12. The SMILES string of the molecule is Oc1ccc(-c2cc3c(sc4ccc5ccccc5c43)c3nc4c5ccc6ccccc6c5ccc4n23)cc1-c1ccc(-c2cc3c(sc4ccc5ccccc5c43)c3nc4c5ccc6ccccc6c5ccc4n23)cc1. The summed E-state index contributed by atoms with van der Waals surface area (Å²) in [5.74, 6) is 0.222. The van der Waals surface area contributed by atoms with Crippen molar-refractivity contribution in [3.8, 4) is 39.4 Å². The molecule has 77 heavy (non-hydrogen) atoms. The number of nitrogens with zero attached hydrogens (tertiary/aromatic N) is 4. The Labute approximate surface area is 446 Å². The number of aromatic nitrogens is 4. The highest BCUT2D eigenvalue weighted by atomic mass is 32.1. The van der Waals surface area contributed by atoms with Gasteiger partial charge in [-0.15, -0.1) is 22.7 Å². The first-order valence-electron chi connectivity index (χ1n) is 26.0. The van der Waals surface area contributed by atoms with E-state index in [0.29, 0.717) is 0 Å². The Morgan fingerprint density at radius 1 is 0.325 bits per heavy atom. The van der Waals surface area contributed by atoms with Crippen LogP contribution in [0.3, 0.4) is 0 Å². The van der Waals surface area contributed by atoms with Gasteiger partial charge < -0.3 is 5.11 Å². The van der Waals surface area contributed by atoms with E-state index >= 15 is 0 Å². The molecule has 5 nitrogen and oxygen atoms in total. The number of hydrogen-bond acceptors (Lipinski definition) is 5. The summed E-state index contributed by atoms with van der Waals surface area (Å²) in [6.45, 7) is 0. The Morgan fingerprint density at radius 2 is 0.740 bits per heavy atom. The number of imidazole rings is 2. The van der Waals surface area contributed by atoms with E-state index in [2.05, 4.69) is 227 Å². The molecule has 0 fully saturated rings. The molecule has 1 N–H and O–H groups in total. The molecule has 0 aliphatic rings. The fraction of sp³-hybridized carbons (Fsp3) is 0. The summed E-state index contributed by atoms with van der Waals surface area (Å²) < 4.78 is 9.53. The van der Waals surface area contributed by atoms with Crippen LogP contribution in [0.25, 0.3) is 172 Å². The number of pyridine rings is 2. The summed E-state index contributed by atoms with van der Waals surface area (Å²) >= 11 is 3.63. The highest BCUT2D eigenvalue weighted by Gasteiger charge is 2.24. The zero-order chi connectivity index (χ0) is 50.2. The number of thiophene rings is 2. The van der Waals surface area contributed by atoms with Gasteiger partial charge in [0.2, 0.25) is 0 Å². The normalized spacial score (nSPS) is 12.5. The van der Waals surface area contributed by atoms with Crippen LogP contribution in [0.15, 0.2) is 224 Å². The smallest absolute Gasteiger partial charge is 0.156 e. The summed E-state index contributed by atoms with van der Waals surface area (Å²) in [5.41, 5.74) is 11.8. The number of fused-ring (bicyclic) bond motifs is 26. The fourth-order valence-corrected chi connectivity index (χ4v) is 15.4. The monoisotopic (exact) mass is 1010 g/mol. The predicted octanol–water partition coefficient (Wildman–Crippen LogP) is 19.7. The van der Waals surface area contributed by atoms with E-state index in [0.717, 1.165) is 82.5 Å². The number of phenols is 1. The lowest BCUT2D eigenvalue weighted by Gasteiger charge is -2.13. The van der Waals surface area contributed by atoms with Crippen molar-refractivity contribution in [2.45, 2.75) is 0 Å². The molecule has 0 radical (unpaired) electrons. The van der Waals surface area contributed by atoms with Crippen LogP contribution >= 0.6 is 22.7 Å². The topological polar surface area (TPSA) is 54.8 Å². The molecule has 0 saturated heterocycles. The van der Waals surface area contributed by atoms with Crippen LogP contribution in [0.2, 0.25) is 0 Å². The third kappa shape index (κ3) is 5.71. The fourth-order valence-electron chi connectivity index (χ4n) is 13.0. The van der Waals surface area contributed by atoms with Crippen molar-refractivity contribution in [3.05, 3.63) is 224 Å². The minimum atomic E-state index is 0.222. The molecule has 18 aromatic rings. The Morgan fingerprint density at radius 3 is 1.26 bits per heavy atom. The first-order valence-corrected chi connectivity index (χ1v) is 27.6. The van der Waals surface area contributed by atoms with Crippen LogP contribution in [0.1, 0.15) is 0 Å². The minimum absolute atomic E-state index is 0.222. The first-order chi connectivity index (χ1) is 38.1. The van der Waals surface area contributed by atoms with Gasteiger partial charge in [-0.05, 0) is 125 Å². The van der Waals surface area contributed by atoms with Crippen LogP contribution in [-0.4, -0.2) is 23.9 Å². The molecule has 0 unspecified atom stereocenters. The maximum absolute atomic E-state index is 11.9. The van der Waals surface area contributed by atoms with Gasteiger partial charge in [0, 0.05) is 47.3 Å². The molecule has 12 aromatic carbocycles. The molecule has 0 spiro atoms. The first kappa shape index (κ1) is 41.7. The Balaban J connectivity index is 0.854. The maximum atomic E-state index is 11.9. The van der Waals surface area contributed by atoms with Gasteiger partial charge in [-0.3, -0.25) is 8.80 Å². The van der Waals surface area contributed by atoms with Gasteiger partial charge in [0.25, 0.3) is 0 Å². The maximum Gasteiger partial charge on any atom is 0.156 e. The molecule has 0 aliphatic carbocycles. The molecule has 18 rings (SSSR count). The number of hydrogen-bond donors (Lipinski definition) is 1. The standard InChI is InChI=1S/C70H38N4OS2/c75-60-32-23-44(59-37-55-64-48-16-8-4-12-41(48)25-34-62(64)77-68(55)70-72-66-52-27-22-39-10-2-6-14-46(39)50(52)29-31-57(66)74(59)70)35-53(60)42-17-19-43(20-18-42)58-36-54-63-47-15-7-3-11-40(47)24-33-61(63)76-67(54)69-71-65-51-26-21-38-9-1-5-13-45(38)49(51)28-30-56(65)73(58)69/h1-37,75H. The number of rotatable bonds is 3. The van der Waals surface area contributed by atoms with E-state index in [1.54, 1.807) is 0 Å². The van der Waals surface area contributed by atoms with Crippen molar-refractivity contribution in [1.82, 2.24) is 18.8 Å². The zero-order valence-electron chi connectivity index (χ0n) is 40.9. The Bertz CT molecular complexity index is 5660. The summed E-state index contributed by atoms with van der Waals surface area (Å²) in [4.78, 5) is 11.2. The lowest BCUT2D eigenvalue weighted by Crippen LogP contribution is -1.94. The molecule has 7 heteroatoms. The average molecular weight is 1020 g/mol. The van der Waals surface area contributed by atoms with E-state index in [1.807, 2.05) is 28.7 Å². The van der Waals surface area contributed by atoms with Gasteiger partial charge in [0.05, 0.1) is 42.9 Å². The largest absolute Gasteiger partial charge is 0.507 e. The molecule has 0 bridgehead atoms. The van der Waals surface area contributed by atoms with Crippen molar-refractivity contribution >= 4 is 161 Å². The van der Waals surface area contributed by atoms with E-state index in [4.69, 9.17) is 9.97 Å².